The van der Waals surface area contributed by atoms with Gasteiger partial charge in [0.25, 0.3) is 0 Å². The summed E-state index contributed by atoms with van der Waals surface area (Å²) in [4.78, 5) is 9.26. The van der Waals surface area contributed by atoms with Gasteiger partial charge in [0.05, 0.1) is 17.3 Å². The van der Waals surface area contributed by atoms with E-state index in [4.69, 9.17) is 14.1 Å². The predicted octanol–water partition coefficient (Wildman–Crippen LogP) is 5.60. The molecule has 0 radical (unpaired) electrons. The van der Waals surface area contributed by atoms with Crippen molar-refractivity contribution in [2.75, 3.05) is 0 Å². The van der Waals surface area contributed by atoms with Crippen molar-refractivity contribution in [3.8, 4) is 23.0 Å². The van der Waals surface area contributed by atoms with Crippen LogP contribution in [0, 0.1) is 0 Å². The van der Waals surface area contributed by atoms with Gasteiger partial charge >= 0.3 is 0 Å². The van der Waals surface area contributed by atoms with Crippen molar-refractivity contribution in [1.82, 2.24) is 29.4 Å². The Morgan fingerprint density at radius 2 is 1.71 bits per heavy atom. The van der Waals surface area contributed by atoms with Crippen LogP contribution in [0.25, 0.3) is 34.0 Å². The number of rotatable bonds is 5. The van der Waals surface area contributed by atoms with Crippen LogP contribution in [0.3, 0.4) is 0 Å². The van der Waals surface area contributed by atoms with E-state index in [1.807, 2.05) is 54.6 Å². The second kappa shape index (κ2) is 8.09. The number of fused-ring (bicyclic) bond motifs is 3. The number of hydrogen-bond donors (Lipinski definition) is 0. The molecule has 8 nitrogen and oxygen atoms in total. The fourth-order valence-electron chi connectivity index (χ4n) is 3.96. The maximum atomic E-state index is 5.98. The van der Waals surface area contributed by atoms with Crippen molar-refractivity contribution in [3.05, 3.63) is 90.6 Å². The van der Waals surface area contributed by atoms with Crippen molar-refractivity contribution in [1.29, 1.82) is 0 Å². The average molecular weight is 465 g/mol. The number of para-hydroxylation sites is 1. The van der Waals surface area contributed by atoms with Crippen molar-refractivity contribution in [2.45, 2.75) is 32.8 Å². The summed E-state index contributed by atoms with van der Waals surface area (Å²) >= 11 is 0. The molecule has 8 heteroatoms. The van der Waals surface area contributed by atoms with E-state index in [0.717, 1.165) is 16.8 Å². The second-order valence-corrected chi connectivity index (χ2v) is 9.41. The minimum absolute atomic E-state index is 0.108. The summed E-state index contributed by atoms with van der Waals surface area (Å²) in [5.74, 6) is 2.54. The highest BCUT2D eigenvalue weighted by Crippen LogP contribution is 2.26. The molecule has 2 aromatic carbocycles. The van der Waals surface area contributed by atoms with Gasteiger partial charge in [0, 0.05) is 0 Å². The van der Waals surface area contributed by atoms with Crippen molar-refractivity contribution >= 4 is 16.7 Å². The van der Waals surface area contributed by atoms with E-state index >= 15 is 0 Å². The minimum atomic E-state index is 0.108. The van der Waals surface area contributed by atoms with Crippen molar-refractivity contribution in [2.24, 2.45) is 0 Å². The monoisotopic (exact) mass is 464 g/mol. The van der Waals surface area contributed by atoms with E-state index in [-0.39, 0.29) is 5.41 Å². The molecular weight excluding hydrogens is 440 g/mol. The van der Waals surface area contributed by atoms with Crippen LogP contribution in [0.5, 0.6) is 5.75 Å². The van der Waals surface area contributed by atoms with Crippen LogP contribution >= 0.6 is 0 Å². The van der Waals surface area contributed by atoms with E-state index in [9.17, 15) is 0 Å². The molecule has 0 aliphatic heterocycles. The van der Waals surface area contributed by atoms with Gasteiger partial charge in [-0.25, -0.2) is 19.2 Å². The Morgan fingerprint density at radius 3 is 2.49 bits per heavy atom. The zero-order valence-electron chi connectivity index (χ0n) is 19.7. The van der Waals surface area contributed by atoms with Gasteiger partial charge in [-0.05, 0) is 47.4 Å². The summed E-state index contributed by atoms with van der Waals surface area (Å²) in [6.45, 7) is 6.89. The molecule has 0 unspecified atom stereocenters. The molecule has 4 heterocycles. The topological polar surface area (TPSA) is 83.3 Å². The first-order chi connectivity index (χ1) is 17.0. The number of aromatic nitrogens is 6. The smallest absolute Gasteiger partial charge is 0.217 e. The lowest BCUT2D eigenvalue weighted by Gasteiger charge is -2.19. The first-order valence-electron chi connectivity index (χ1n) is 11.4. The average Bonchev–Trinajstić information content (AvgIpc) is 3.60. The van der Waals surface area contributed by atoms with Gasteiger partial charge in [0.2, 0.25) is 5.82 Å². The summed E-state index contributed by atoms with van der Waals surface area (Å²) in [6.07, 6.45) is 3.40. The van der Waals surface area contributed by atoms with Crippen LogP contribution in [0.4, 0.5) is 0 Å². The van der Waals surface area contributed by atoms with Gasteiger partial charge in [0.1, 0.15) is 24.4 Å². The van der Waals surface area contributed by atoms with Crippen molar-refractivity contribution in [3.63, 3.8) is 0 Å². The largest absolute Gasteiger partial charge is 0.486 e. The van der Waals surface area contributed by atoms with Crippen LogP contribution in [0.1, 0.15) is 32.1 Å². The third kappa shape index (κ3) is 3.93. The van der Waals surface area contributed by atoms with Gasteiger partial charge in [-0.1, -0.05) is 51.1 Å². The third-order valence-corrected chi connectivity index (χ3v) is 5.89. The van der Waals surface area contributed by atoms with Crippen LogP contribution in [-0.2, 0) is 12.0 Å². The Kier molecular flexibility index (Phi) is 4.88. The second-order valence-electron chi connectivity index (χ2n) is 9.41. The maximum absolute atomic E-state index is 5.98. The molecule has 0 saturated carbocycles. The number of furan rings is 1. The standard InChI is InChI=1S/C27H24N6O2/c1-27(2,3)18-9-11-20(12-10-18)34-16-21-13-14-23(35-21)24-30-26-22-15-29-33(19-7-5-4-6-8-19)25(22)28-17-32(26)31-24/h4-15,17H,16H2,1-3H3. The molecule has 4 aromatic heterocycles. The molecule has 0 aliphatic rings. The predicted molar refractivity (Wildman–Crippen MR) is 133 cm³/mol. The van der Waals surface area contributed by atoms with Crippen LogP contribution in [-0.4, -0.2) is 29.4 Å². The highest BCUT2D eigenvalue weighted by molar-refractivity contribution is 5.89. The SMILES string of the molecule is CC(C)(C)c1ccc(OCc2ccc(-c3nc4c5cnn(-c6ccccc6)c5ncn4n3)o2)cc1. The lowest BCUT2D eigenvalue weighted by molar-refractivity contribution is 0.271. The van der Waals surface area contributed by atoms with Gasteiger partial charge < -0.3 is 9.15 Å². The summed E-state index contributed by atoms with van der Waals surface area (Å²) in [7, 11) is 0. The van der Waals surface area contributed by atoms with E-state index < -0.39 is 0 Å². The number of benzene rings is 2. The number of ether oxygens (including phenoxy) is 1. The Bertz CT molecular complexity index is 1620. The van der Waals surface area contributed by atoms with Gasteiger partial charge in [-0.2, -0.15) is 5.10 Å². The molecule has 0 fully saturated rings. The van der Waals surface area contributed by atoms with Gasteiger partial charge in [-0.15, -0.1) is 5.10 Å². The molecule has 0 bridgehead atoms. The van der Waals surface area contributed by atoms with Crippen molar-refractivity contribution < 1.29 is 9.15 Å². The quantitative estimate of drug-likeness (QED) is 0.330. The number of nitrogens with zero attached hydrogens (tertiary/aromatic N) is 6. The Labute approximate surface area is 201 Å². The molecule has 0 N–H and O–H groups in total. The molecule has 0 saturated heterocycles. The van der Waals surface area contributed by atoms with E-state index in [1.54, 1.807) is 21.7 Å². The fraction of sp³-hybridized carbons (Fsp3) is 0.185. The molecule has 0 spiro atoms. The lowest BCUT2D eigenvalue weighted by Crippen LogP contribution is -2.10. The summed E-state index contributed by atoms with van der Waals surface area (Å²) < 4.78 is 15.3. The minimum Gasteiger partial charge on any atom is -0.486 e. The third-order valence-electron chi connectivity index (χ3n) is 5.89. The first kappa shape index (κ1) is 21.1. The van der Waals surface area contributed by atoms with E-state index in [0.29, 0.717) is 35.2 Å². The summed E-state index contributed by atoms with van der Waals surface area (Å²) in [5.41, 5.74) is 3.69. The molecular formula is C27H24N6O2. The highest BCUT2D eigenvalue weighted by Gasteiger charge is 2.17. The summed E-state index contributed by atoms with van der Waals surface area (Å²) in [6, 6.07) is 21.8. The van der Waals surface area contributed by atoms with Gasteiger partial charge in [0.15, 0.2) is 17.1 Å². The first-order valence-corrected chi connectivity index (χ1v) is 11.4. The molecule has 0 atom stereocenters. The molecule has 6 aromatic rings. The Hall–Kier alpha value is -4.46. The lowest BCUT2D eigenvalue weighted by atomic mass is 9.87. The normalized spacial score (nSPS) is 12.0. The van der Waals surface area contributed by atoms with Gasteiger partial charge in [-0.3, -0.25) is 0 Å². The molecule has 0 amide bonds. The zero-order valence-corrected chi connectivity index (χ0v) is 19.7. The maximum Gasteiger partial charge on any atom is 0.217 e. The molecule has 35 heavy (non-hydrogen) atoms. The van der Waals surface area contributed by atoms with E-state index in [1.165, 1.54) is 5.56 Å². The Morgan fingerprint density at radius 1 is 0.914 bits per heavy atom. The van der Waals surface area contributed by atoms with Crippen LogP contribution in [0.2, 0.25) is 0 Å². The van der Waals surface area contributed by atoms with E-state index in [2.05, 4.69) is 48.1 Å². The molecule has 174 valence electrons. The fourth-order valence-corrected chi connectivity index (χ4v) is 3.96. The molecule has 6 rings (SSSR count). The summed E-state index contributed by atoms with van der Waals surface area (Å²) in [5, 5.41) is 9.87. The number of hydrogen-bond acceptors (Lipinski definition) is 6. The molecule has 0 aliphatic carbocycles. The van der Waals surface area contributed by atoms with Crippen LogP contribution < -0.4 is 4.74 Å². The zero-order chi connectivity index (χ0) is 24.0. The Balaban J connectivity index is 1.24. The van der Waals surface area contributed by atoms with Crippen LogP contribution in [0.15, 0.2) is 83.7 Å². The highest BCUT2D eigenvalue weighted by atomic mass is 16.5.